The van der Waals surface area contributed by atoms with Gasteiger partial charge in [-0.25, -0.2) is 0 Å². The third-order valence-electron chi connectivity index (χ3n) is 4.20. The molecule has 1 unspecified atom stereocenters. The van der Waals surface area contributed by atoms with Crippen LogP contribution in [-0.2, 0) is 13.0 Å². The average molecular weight is 282 g/mol. The number of benzene rings is 2. The number of aliphatic hydroxyl groups is 1. The summed E-state index contributed by atoms with van der Waals surface area (Å²) in [7, 11) is 0. The van der Waals surface area contributed by atoms with E-state index in [0.29, 0.717) is 13.1 Å². The van der Waals surface area contributed by atoms with Gasteiger partial charge in [-0.3, -0.25) is 0 Å². The molecule has 0 radical (unpaired) electrons. The molecule has 0 aromatic heterocycles. The van der Waals surface area contributed by atoms with E-state index in [1.165, 1.54) is 11.3 Å². The molecular formula is C18H22N2O. The van der Waals surface area contributed by atoms with Gasteiger partial charge in [0.15, 0.2) is 0 Å². The number of hydrogen-bond acceptors (Lipinski definition) is 3. The van der Waals surface area contributed by atoms with Crippen LogP contribution in [0.1, 0.15) is 29.2 Å². The van der Waals surface area contributed by atoms with Crippen molar-refractivity contribution < 1.29 is 5.11 Å². The molecule has 110 valence electrons. The summed E-state index contributed by atoms with van der Waals surface area (Å²) >= 11 is 0. The fourth-order valence-corrected chi connectivity index (χ4v) is 2.99. The van der Waals surface area contributed by atoms with Gasteiger partial charge in [-0.15, -0.1) is 0 Å². The van der Waals surface area contributed by atoms with Crippen molar-refractivity contribution in [2.24, 2.45) is 5.73 Å². The molecule has 0 saturated heterocycles. The maximum Gasteiger partial charge on any atom is 0.0964 e. The largest absolute Gasteiger partial charge is 0.387 e. The molecule has 2 aromatic carbocycles. The van der Waals surface area contributed by atoms with Gasteiger partial charge in [0.2, 0.25) is 0 Å². The molecule has 3 nitrogen and oxygen atoms in total. The molecule has 3 rings (SSSR count). The van der Waals surface area contributed by atoms with E-state index < -0.39 is 6.10 Å². The van der Waals surface area contributed by atoms with E-state index in [0.717, 1.165) is 30.5 Å². The lowest BCUT2D eigenvalue weighted by Gasteiger charge is -2.33. The molecule has 1 atom stereocenters. The highest BCUT2D eigenvalue weighted by Gasteiger charge is 2.19. The van der Waals surface area contributed by atoms with Crippen molar-refractivity contribution >= 4 is 5.69 Å². The van der Waals surface area contributed by atoms with Crippen LogP contribution in [0.3, 0.4) is 0 Å². The van der Waals surface area contributed by atoms with Crippen molar-refractivity contribution in [2.75, 3.05) is 18.0 Å². The summed E-state index contributed by atoms with van der Waals surface area (Å²) < 4.78 is 0. The second kappa shape index (κ2) is 6.29. The minimum absolute atomic E-state index is 0.469. The smallest absolute Gasteiger partial charge is 0.0964 e. The van der Waals surface area contributed by atoms with E-state index in [2.05, 4.69) is 29.2 Å². The molecule has 0 bridgehead atoms. The van der Waals surface area contributed by atoms with E-state index in [9.17, 15) is 5.11 Å². The molecule has 3 N–H and O–H groups in total. The molecule has 1 aliphatic heterocycles. The van der Waals surface area contributed by atoms with Gasteiger partial charge >= 0.3 is 0 Å². The topological polar surface area (TPSA) is 49.5 Å². The number of β-amino-alcohol motifs (C(OH)–C–C–N with tert-alkyl or cyclic N) is 1. The Hall–Kier alpha value is -1.84. The maximum absolute atomic E-state index is 10.5. The minimum Gasteiger partial charge on any atom is -0.387 e. The number of para-hydroxylation sites is 1. The van der Waals surface area contributed by atoms with Crippen LogP contribution in [0.4, 0.5) is 5.69 Å². The Morgan fingerprint density at radius 1 is 1.10 bits per heavy atom. The van der Waals surface area contributed by atoms with E-state index in [1.54, 1.807) is 0 Å². The molecule has 1 aliphatic rings. The standard InChI is InChI=1S/C18H22N2O/c19-12-14-7-9-16(10-8-14)18(21)13-20-11-3-5-15-4-1-2-6-17(15)20/h1-2,4,6-10,18,21H,3,5,11-13,19H2. The normalized spacial score (nSPS) is 15.6. The molecule has 0 fully saturated rings. The number of nitrogens with two attached hydrogens (primary N) is 1. The van der Waals surface area contributed by atoms with E-state index in [-0.39, 0.29) is 0 Å². The second-order valence-corrected chi connectivity index (χ2v) is 5.64. The van der Waals surface area contributed by atoms with Gasteiger partial charge in [0.1, 0.15) is 0 Å². The van der Waals surface area contributed by atoms with Gasteiger partial charge in [0.25, 0.3) is 0 Å². The van der Waals surface area contributed by atoms with Gasteiger partial charge in [-0.05, 0) is 35.6 Å². The molecule has 1 heterocycles. The van der Waals surface area contributed by atoms with Gasteiger partial charge in [-0.1, -0.05) is 42.5 Å². The van der Waals surface area contributed by atoms with Crippen LogP contribution in [-0.4, -0.2) is 18.2 Å². The van der Waals surface area contributed by atoms with Crippen LogP contribution in [0.2, 0.25) is 0 Å². The Balaban J connectivity index is 1.74. The summed E-state index contributed by atoms with van der Waals surface area (Å²) in [5.41, 5.74) is 10.3. The van der Waals surface area contributed by atoms with E-state index >= 15 is 0 Å². The van der Waals surface area contributed by atoms with Crippen molar-refractivity contribution in [1.82, 2.24) is 0 Å². The second-order valence-electron chi connectivity index (χ2n) is 5.64. The van der Waals surface area contributed by atoms with Crippen molar-refractivity contribution in [3.63, 3.8) is 0 Å². The number of fused-ring (bicyclic) bond motifs is 1. The van der Waals surface area contributed by atoms with E-state index in [4.69, 9.17) is 5.73 Å². The lowest BCUT2D eigenvalue weighted by molar-refractivity contribution is 0.182. The highest BCUT2D eigenvalue weighted by atomic mass is 16.3. The first-order chi connectivity index (χ1) is 10.3. The summed E-state index contributed by atoms with van der Waals surface area (Å²) in [5.74, 6) is 0. The van der Waals surface area contributed by atoms with Crippen molar-refractivity contribution in [3.05, 3.63) is 65.2 Å². The molecule has 0 saturated carbocycles. The van der Waals surface area contributed by atoms with Crippen molar-refractivity contribution in [1.29, 1.82) is 0 Å². The van der Waals surface area contributed by atoms with Crippen LogP contribution in [0.5, 0.6) is 0 Å². The summed E-state index contributed by atoms with van der Waals surface area (Å²) in [4.78, 5) is 2.29. The van der Waals surface area contributed by atoms with Crippen LogP contribution in [0.15, 0.2) is 48.5 Å². The third kappa shape index (κ3) is 3.09. The van der Waals surface area contributed by atoms with Gasteiger partial charge in [0.05, 0.1) is 6.10 Å². The van der Waals surface area contributed by atoms with Crippen molar-refractivity contribution in [2.45, 2.75) is 25.5 Å². The lowest BCUT2D eigenvalue weighted by atomic mass is 10.00. The van der Waals surface area contributed by atoms with Crippen LogP contribution in [0, 0.1) is 0 Å². The van der Waals surface area contributed by atoms with Gasteiger partial charge < -0.3 is 15.7 Å². The fraction of sp³-hybridized carbons (Fsp3) is 0.333. The first kappa shape index (κ1) is 14.1. The fourth-order valence-electron chi connectivity index (χ4n) is 2.99. The zero-order chi connectivity index (χ0) is 14.7. The molecule has 3 heteroatoms. The Morgan fingerprint density at radius 3 is 2.62 bits per heavy atom. The predicted molar refractivity (Wildman–Crippen MR) is 86.3 cm³/mol. The quantitative estimate of drug-likeness (QED) is 0.906. The van der Waals surface area contributed by atoms with Gasteiger partial charge in [0, 0.05) is 25.3 Å². The van der Waals surface area contributed by atoms with Crippen LogP contribution >= 0.6 is 0 Å². The molecule has 21 heavy (non-hydrogen) atoms. The minimum atomic E-state index is -0.469. The molecule has 2 aromatic rings. The monoisotopic (exact) mass is 282 g/mol. The number of nitrogens with zero attached hydrogens (tertiary/aromatic N) is 1. The van der Waals surface area contributed by atoms with Crippen LogP contribution < -0.4 is 10.6 Å². The van der Waals surface area contributed by atoms with E-state index in [1.807, 2.05) is 24.3 Å². The molecule has 0 spiro atoms. The first-order valence-corrected chi connectivity index (χ1v) is 7.58. The highest BCUT2D eigenvalue weighted by molar-refractivity contribution is 5.55. The number of hydrogen-bond donors (Lipinski definition) is 2. The lowest BCUT2D eigenvalue weighted by Crippen LogP contribution is -2.33. The Labute approximate surface area is 126 Å². The maximum atomic E-state index is 10.5. The SMILES string of the molecule is NCc1ccc(C(O)CN2CCCc3ccccc32)cc1. The average Bonchev–Trinajstić information content (AvgIpc) is 2.55. The Kier molecular flexibility index (Phi) is 4.23. The van der Waals surface area contributed by atoms with Gasteiger partial charge in [-0.2, -0.15) is 0 Å². The third-order valence-corrected chi connectivity index (χ3v) is 4.20. The zero-order valence-electron chi connectivity index (χ0n) is 12.2. The first-order valence-electron chi connectivity index (χ1n) is 7.58. The molecule has 0 amide bonds. The molecule has 0 aliphatic carbocycles. The van der Waals surface area contributed by atoms with Crippen molar-refractivity contribution in [3.8, 4) is 0 Å². The predicted octanol–water partition coefficient (Wildman–Crippen LogP) is 2.63. The number of aryl methyl sites for hydroxylation is 1. The summed E-state index contributed by atoms with van der Waals surface area (Å²) in [6, 6.07) is 16.4. The molecular weight excluding hydrogens is 260 g/mol. The number of rotatable bonds is 4. The number of aliphatic hydroxyl groups excluding tert-OH is 1. The zero-order valence-corrected chi connectivity index (χ0v) is 12.2. The highest BCUT2D eigenvalue weighted by Crippen LogP contribution is 2.28. The summed E-state index contributed by atoms with van der Waals surface area (Å²) in [6.45, 7) is 2.18. The summed E-state index contributed by atoms with van der Waals surface area (Å²) in [6.07, 6.45) is 1.81. The Bertz CT molecular complexity index is 594. The Morgan fingerprint density at radius 2 is 1.86 bits per heavy atom. The summed E-state index contributed by atoms with van der Waals surface area (Å²) in [5, 5.41) is 10.5. The number of anilines is 1. The van der Waals surface area contributed by atoms with Crippen LogP contribution in [0.25, 0.3) is 0 Å².